The molecule has 1 heterocycles. The third-order valence-corrected chi connectivity index (χ3v) is 5.97. The van der Waals surface area contributed by atoms with Crippen LogP contribution in [0.4, 0.5) is 10.3 Å². The standard InChI is InChI=1S/C17H23FN3O2S/c1-11(2)15-12(3)16(13-7-9-14(18)10-8-13)20-17(19-15)21(4,5)24(6,22)23/h7-11H,1-6H3/q+1. The molecule has 2 rings (SSSR count). The van der Waals surface area contributed by atoms with Gasteiger partial charge in [0.1, 0.15) is 5.82 Å². The van der Waals surface area contributed by atoms with E-state index in [0.29, 0.717) is 5.69 Å². The van der Waals surface area contributed by atoms with E-state index >= 15 is 0 Å². The van der Waals surface area contributed by atoms with Crippen molar-refractivity contribution in [1.29, 1.82) is 0 Å². The molecule has 0 N–H and O–H groups in total. The molecule has 0 amide bonds. The molecule has 24 heavy (non-hydrogen) atoms. The van der Waals surface area contributed by atoms with Gasteiger partial charge in [-0.3, -0.25) is 0 Å². The second-order valence-corrected chi connectivity index (χ2v) is 9.01. The van der Waals surface area contributed by atoms with Gasteiger partial charge in [0.15, 0.2) is 0 Å². The van der Waals surface area contributed by atoms with E-state index in [4.69, 9.17) is 0 Å². The molecular formula is C17H23FN3O2S+. The van der Waals surface area contributed by atoms with Crippen molar-refractivity contribution in [3.63, 3.8) is 0 Å². The molecule has 0 aliphatic heterocycles. The number of quaternary nitrogens is 1. The highest BCUT2D eigenvalue weighted by Gasteiger charge is 2.36. The number of benzene rings is 1. The molecule has 1 aromatic carbocycles. The summed E-state index contributed by atoms with van der Waals surface area (Å²) in [5, 5.41) is 0. The van der Waals surface area contributed by atoms with Crippen LogP contribution in [0.3, 0.4) is 0 Å². The minimum atomic E-state index is -3.46. The fourth-order valence-electron chi connectivity index (χ4n) is 2.36. The maximum absolute atomic E-state index is 13.2. The van der Waals surface area contributed by atoms with Gasteiger partial charge in [0, 0.05) is 5.56 Å². The molecule has 0 aliphatic rings. The molecule has 0 saturated heterocycles. The van der Waals surface area contributed by atoms with Gasteiger partial charge < -0.3 is 0 Å². The predicted molar refractivity (Wildman–Crippen MR) is 94.7 cm³/mol. The summed E-state index contributed by atoms with van der Waals surface area (Å²) in [7, 11) is -0.383. The van der Waals surface area contributed by atoms with Crippen molar-refractivity contribution in [2.45, 2.75) is 26.7 Å². The maximum Gasteiger partial charge on any atom is 0.344 e. The summed E-state index contributed by atoms with van der Waals surface area (Å²) in [6.45, 7) is 5.89. The zero-order valence-electron chi connectivity index (χ0n) is 14.8. The molecule has 0 fully saturated rings. The SMILES string of the molecule is Cc1c(-c2ccc(F)cc2)nc([N+](C)(C)S(C)(=O)=O)nc1C(C)C. The van der Waals surface area contributed by atoms with Crippen LogP contribution < -0.4 is 3.89 Å². The van der Waals surface area contributed by atoms with E-state index in [-0.39, 0.29) is 17.7 Å². The van der Waals surface area contributed by atoms with E-state index in [0.717, 1.165) is 23.1 Å². The van der Waals surface area contributed by atoms with Crippen LogP contribution in [0.5, 0.6) is 0 Å². The molecule has 0 unspecified atom stereocenters. The fraction of sp³-hybridized carbons (Fsp3) is 0.412. The summed E-state index contributed by atoms with van der Waals surface area (Å²) >= 11 is 0. The lowest BCUT2D eigenvalue weighted by Crippen LogP contribution is -2.47. The van der Waals surface area contributed by atoms with Gasteiger partial charge in [0.2, 0.25) is 0 Å². The first-order chi connectivity index (χ1) is 10.9. The zero-order valence-corrected chi connectivity index (χ0v) is 15.6. The summed E-state index contributed by atoms with van der Waals surface area (Å²) in [6, 6.07) is 6.00. The van der Waals surface area contributed by atoms with Crippen molar-refractivity contribution in [3.8, 4) is 11.3 Å². The first-order valence-electron chi connectivity index (χ1n) is 7.64. The topological polar surface area (TPSA) is 59.9 Å². The highest BCUT2D eigenvalue weighted by molar-refractivity contribution is 7.90. The van der Waals surface area contributed by atoms with Crippen LogP contribution in [-0.2, 0) is 10.0 Å². The van der Waals surface area contributed by atoms with Crippen molar-refractivity contribution in [1.82, 2.24) is 13.9 Å². The Balaban J connectivity index is 2.78. The van der Waals surface area contributed by atoms with Crippen LogP contribution in [0.2, 0.25) is 0 Å². The number of sulfonamides is 1. The number of nitrogens with zero attached hydrogens (tertiary/aromatic N) is 3. The first kappa shape index (κ1) is 18.5. The first-order valence-corrected chi connectivity index (χ1v) is 9.49. The average Bonchev–Trinajstić information content (AvgIpc) is 2.47. The third-order valence-electron chi connectivity index (χ3n) is 4.15. The summed E-state index contributed by atoms with van der Waals surface area (Å²) in [6.07, 6.45) is 1.16. The Labute approximate surface area is 142 Å². The Morgan fingerprint density at radius 1 is 1.08 bits per heavy atom. The van der Waals surface area contributed by atoms with Crippen molar-refractivity contribution < 1.29 is 12.8 Å². The summed E-state index contributed by atoms with van der Waals surface area (Å²) in [5.74, 6) is -0.0290. The van der Waals surface area contributed by atoms with E-state index in [1.54, 1.807) is 26.2 Å². The quantitative estimate of drug-likeness (QED) is 0.793. The van der Waals surface area contributed by atoms with E-state index in [1.807, 2.05) is 20.8 Å². The van der Waals surface area contributed by atoms with Crippen molar-refractivity contribution in [2.75, 3.05) is 20.4 Å². The number of halogens is 1. The van der Waals surface area contributed by atoms with Gasteiger partial charge >= 0.3 is 16.0 Å². The molecule has 0 bridgehead atoms. The minimum Gasteiger partial charge on any atom is -0.207 e. The molecule has 2 aromatic rings. The van der Waals surface area contributed by atoms with Crippen molar-refractivity contribution in [2.24, 2.45) is 0 Å². The summed E-state index contributed by atoms with van der Waals surface area (Å²) in [5.41, 5.74) is 3.01. The van der Waals surface area contributed by atoms with Gasteiger partial charge in [0.05, 0.1) is 31.7 Å². The summed E-state index contributed by atoms with van der Waals surface area (Å²) in [4.78, 5) is 9.03. The van der Waals surface area contributed by atoms with E-state index in [1.165, 1.54) is 12.1 Å². The molecule has 0 radical (unpaired) electrons. The van der Waals surface area contributed by atoms with Crippen LogP contribution in [0.15, 0.2) is 24.3 Å². The Bertz CT molecular complexity index is 860. The van der Waals surface area contributed by atoms with Gasteiger partial charge in [-0.2, -0.15) is 22.3 Å². The molecule has 7 heteroatoms. The number of hydrogen-bond acceptors (Lipinski definition) is 4. The van der Waals surface area contributed by atoms with Crippen LogP contribution >= 0.6 is 0 Å². The number of hydrogen-bond donors (Lipinski definition) is 0. The van der Waals surface area contributed by atoms with Gasteiger partial charge in [-0.15, -0.1) is 0 Å². The van der Waals surface area contributed by atoms with Crippen LogP contribution in [0, 0.1) is 12.7 Å². The highest BCUT2D eigenvalue weighted by atomic mass is 32.2. The third kappa shape index (κ3) is 3.32. The van der Waals surface area contributed by atoms with Crippen LogP contribution in [0.25, 0.3) is 11.3 Å². The Hall–Kier alpha value is -1.86. The number of aromatic nitrogens is 2. The van der Waals surface area contributed by atoms with E-state index < -0.39 is 13.9 Å². The van der Waals surface area contributed by atoms with Crippen molar-refractivity contribution >= 4 is 16.0 Å². The van der Waals surface area contributed by atoms with Gasteiger partial charge in [-0.25, -0.2) is 4.39 Å². The summed E-state index contributed by atoms with van der Waals surface area (Å²) < 4.78 is 37.1. The maximum atomic E-state index is 13.2. The lowest BCUT2D eigenvalue weighted by atomic mass is 10.00. The van der Waals surface area contributed by atoms with E-state index in [2.05, 4.69) is 9.97 Å². The molecular weight excluding hydrogens is 329 g/mol. The van der Waals surface area contributed by atoms with Crippen LogP contribution in [-0.4, -0.2) is 38.7 Å². The predicted octanol–water partition coefficient (Wildman–Crippen LogP) is 3.24. The largest absolute Gasteiger partial charge is 0.344 e. The highest BCUT2D eigenvalue weighted by Crippen LogP contribution is 2.31. The van der Waals surface area contributed by atoms with Crippen LogP contribution in [0.1, 0.15) is 31.0 Å². The molecule has 0 aliphatic carbocycles. The minimum absolute atomic E-state index is 0.102. The lowest BCUT2D eigenvalue weighted by molar-refractivity contribution is 0.502. The van der Waals surface area contributed by atoms with Gasteiger partial charge in [-0.05, 0) is 42.7 Å². The second kappa shape index (κ2) is 6.22. The smallest absolute Gasteiger partial charge is 0.207 e. The number of rotatable bonds is 4. The molecule has 0 atom stereocenters. The molecule has 130 valence electrons. The molecule has 5 nitrogen and oxygen atoms in total. The molecule has 0 saturated carbocycles. The average molecular weight is 352 g/mol. The Morgan fingerprint density at radius 2 is 1.62 bits per heavy atom. The second-order valence-electron chi connectivity index (χ2n) is 6.63. The fourth-order valence-corrected chi connectivity index (χ4v) is 2.74. The molecule has 0 spiro atoms. The van der Waals surface area contributed by atoms with E-state index in [9.17, 15) is 12.8 Å². The van der Waals surface area contributed by atoms with Gasteiger partial charge in [0.25, 0.3) is 0 Å². The van der Waals surface area contributed by atoms with Gasteiger partial charge in [-0.1, -0.05) is 13.8 Å². The monoisotopic (exact) mass is 352 g/mol. The Morgan fingerprint density at radius 3 is 2.08 bits per heavy atom. The molecule has 1 aromatic heterocycles. The lowest BCUT2D eigenvalue weighted by Gasteiger charge is -2.25. The normalized spacial score (nSPS) is 12.7. The Kier molecular flexibility index (Phi) is 4.79. The zero-order chi connectivity index (χ0) is 18.3. The van der Waals surface area contributed by atoms with Crippen molar-refractivity contribution in [3.05, 3.63) is 41.3 Å².